The van der Waals surface area contributed by atoms with Gasteiger partial charge in [-0.05, 0) is 66.2 Å². The molecule has 2 aromatic carbocycles. The Morgan fingerprint density at radius 1 is 1.29 bits per heavy atom. The zero-order valence-electron chi connectivity index (χ0n) is 28.0. The predicted octanol–water partition coefficient (Wildman–Crippen LogP) is 4.82. The number of aryl methyl sites for hydroxylation is 1. The van der Waals surface area contributed by atoms with Crippen molar-refractivity contribution in [1.29, 1.82) is 0 Å². The minimum absolute atomic E-state index is 0.0659. The number of piperazine rings is 1. The lowest BCUT2D eigenvalue weighted by atomic mass is 9.95. The van der Waals surface area contributed by atoms with Crippen molar-refractivity contribution < 1.29 is 27.9 Å². The summed E-state index contributed by atoms with van der Waals surface area (Å²) in [5.41, 5.74) is 0.610. The van der Waals surface area contributed by atoms with Crippen molar-refractivity contribution in [3.8, 4) is 23.0 Å². The van der Waals surface area contributed by atoms with Crippen molar-refractivity contribution in [1.82, 2.24) is 14.9 Å². The summed E-state index contributed by atoms with van der Waals surface area (Å²) in [6, 6.07) is 8.48. The number of carbonyl (C=O) groups is 1. The summed E-state index contributed by atoms with van der Waals surface area (Å²) in [5, 5.41) is 3.96. The van der Waals surface area contributed by atoms with Gasteiger partial charge in [0.05, 0.1) is 27.9 Å². The van der Waals surface area contributed by atoms with E-state index < -0.39 is 24.1 Å². The topological polar surface area (TPSA) is 98.3 Å². The minimum Gasteiger partial charge on any atom is -0.490 e. The second-order valence-corrected chi connectivity index (χ2v) is 11.3. The monoisotopic (exact) mass is 566 g/mol. The molecule has 5 rings (SSSR count). The molecule has 41 heavy (non-hydrogen) atoms. The van der Waals surface area contributed by atoms with Crippen LogP contribution in [0.15, 0.2) is 30.3 Å². The van der Waals surface area contributed by atoms with Gasteiger partial charge in [-0.1, -0.05) is 12.1 Å². The maximum atomic E-state index is 14.0. The average molecular weight is 567 g/mol. The van der Waals surface area contributed by atoms with Crippen LogP contribution in [0.25, 0.3) is 10.9 Å². The van der Waals surface area contributed by atoms with Crippen molar-refractivity contribution in [2.75, 3.05) is 43.5 Å². The summed E-state index contributed by atoms with van der Waals surface area (Å²) >= 11 is 0. The SMILES string of the molecule is [2H]C1([2H])Oc2c(C)cccc2OC1([2H])C(=O)N1CC(C)N(c2nc(NC)c3cc(OCC)c(OC(C)C)cc3n2)C(C)(C)C1. The van der Waals surface area contributed by atoms with Crippen LogP contribution in [0.3, 0.4) is 0 Å². The van der Waals surface area contributed by atoms with E-state index in [-0.39, 0.29) is 36.7 Å². The first-order chi connectivity index (χ1) is 20.6. The summed E-state index contributed by atoms with van der Waals surface area (Å²) in [7, 11) is 1.79. The molecular formula is C31H41N5O5. The van der Waals surface area contributed by atoms with Crippen molar-refractivity contribution >= 4 is 28.6 Å². The molecule has 220 valence electrons. The highest BCUT2D eigenvalue weighted by molar-refractivity contribution is 5.93. The van der Waals surface area contributed by atoms with Crippen molar-refractivity contribution in [3.05, 3.63) is 35.9 Å². The summed E-state index contributed by atoms with van der Waals surface area (Å²) in [6.45, 7) is 11.5. The molecule has 10 heteroatoms. The molecule has 3 heterocycles. The Morgan fingerprint density at radius 3 is 2.76 bits per heavy atom. The summed E-state index contributed by atoms with van der Waals surface area (Å²) in [6.07, 6.45) is -2.71. The number of nitrogens with zero attached hydrogens (tertiary/aromatic N) is 4. The van der Waals surface area contributed by atoms with Crippen LogP contribution in [0.5, 0.6) is 23.0 Å². The molecule has 2 atom stereocenters. The van der Waals surface area contributed by atoms with Gasteiger partial charge >= 0.3 is 0 Å². The molecule has 0 radical (unpaired) electrons. The van der Waals surface area contributed by atoms with Gasteiger partial charge in [-0.2, -0.15) is 4.98 Å². The number of nitrogens with one attached hydrogen (secondary N) is 1. The van der Waals surface area contributed by atoms with Gasteiger partial charge < -0.3 is 34.1 Å². The van der Waals surface area contributed by atoms with E-state index in [0.29, 0.717) is 41.0 Å². The molecule has 0 bridgehead atoms. The van der Waals surface area contributed by atoms with E-state index >= 15 is 0 Å². The largest absolute Gasteiger partial charge is 0.490 e. The maximum absolute atomic E-state index is 14.0. The Hall–Kier alpha value is -3.95. The second-order valence-electron chi connectivity index (χ2n) is 11.3. The van der Waals surface area contributed by atoms with Crippen LogP contribution in [-0.2, 0) is 4.79 Å². The van der Waals surface area contributed by atoms with Gasteiger partial charge in [0.1, 0.15) is 12.4 Å². The molecule has 0 saturated carbocycles. The van der Waals surface area contributed by atoms with Crippen molar-refractivity contribution in [2.24, 2.45) is 0 Å². The van der Waals surface area contributed by atoms with Gasteiger partial charge in [-0.15, -0.1) is 0 Å². The number of hydrogen-bond donors (Lipinski definition) is 1. The predicted molar refractivity (Wildman–Crippen MR) is 160 cm³/mol. The summed E-state index contributed by atoms with van der Waals surface area (Å²) in [4.78, 5) is 27.3. The number of benzene rings is 2. The molecule has 0 spiro atoms. The first-order valence-corrected chi connectivity index (χ1v) is 14.0. The Morgan fingerprint density at radius 2 is 2.07 bits per heavy atom. The van der Waals surface area contributed by atoms with Gasteiger partial charge in [0, 0.05) is 37.6 Å². The van der Waals surface area contributed by atoms with Crippen LogP contribution in [0.1, 0.15) is 51.2 Å². The highest BCUT2D eigenvalue weighted by Gasteiger charge is 2.44. The molecule has 2 unspecified atom stereocenters. The third-order valence-electron chi connectivity index (χ3n) is 7.13. The van der Waals surface area contributed by atoms with Gasteiger partial charge in [-0.3, -0.25) is 4.79 Å². The maximum Gasteiger partial charge on any atom is 0.267 e. The quantitative estimate of drug-likeness (QED) is 0.432. The normalized spacial score (nSPS) is 23.9. The van der Waals surface area contributed by atoms with Crippen LogP contribution in [0, 0.1) is 6.92 Å². The van der Waals surface area contributed by atoms with Crippen molar-refractivity contribution in [3.63, 3.8) is 0 Å². The number of aromatic nitrogens is 2. The van der Waals surface area contributed by atoms with Gasteiger partial charge in [0.25, 0.3) is 5.91 Å². The molecular weight excluding hydrogens is 522 g/mol. The molecule has 1 N–H and O–H groups in total. The van der Waals surface area contributed by atoms with E-state index in [4.69, 9.17) is 33.0 Å². The Bertz CT molecular complexity index is 1590. The van der Waals surface area contributed by atoms with E-state index in [1.54, 1.807) is 32.2 Å². The summed E-state index contributed by atoms with van der Waals surface area (Å²) in [5.74, 6) is 1.81. The summed E-state index contributed by atoms with van der Waals surface area (Å²) < 4.78 is 49.3. The zero-order valence-corrected chi connectivity index (χ0v) is 25.0. The lowest BCUT2D eigenvalue weighted by Crippen LogP contribution is -2.66. The fourth-order valence-corrected chi connectivity index (χ4v) is 5.56. The van der Waals surface area contributed by atoms with E-state index in [0.717, 1.165) is 5.39 Å². The molecule has 2 aliphatic heterocycles. The highest BCUT2D eigenvalue weighted by atomic mass is 16.6. The Labute approximate surface area is 246 Å². The van der Waals surface area contributed by atoms with Gasteiger partial charge in [0.15, 0.2) is 23.0 Å². The number of ether oxygens (including phenoxy) is 4. The molecule has 1 saturated heterocycles. The third kappa shape index (κ3) is 5.52. The lowest BCUT2D eigenvalue weighted by molar-refractivity contribution is -0.143. The van der Waals surface area contributed by atoms with Gasteiger partial charge in [-0.25, -0.2) is 4.98 Å². The first-order valence-electron chi connectivity index (χ1n) is 15.5. The number of carbonyl (C=O) groups excluding carboxylic acids is 1. The van der Waals surface area contributed by atoms with Crippen LogP contribution in [0.4, 0.5) is 11.8 Å². The molecule has 0 aliphatic carbocycles. The Balaban J connectivity index is 1.48. The fourth-order valence-electron chi connectivity index (χ4n) is 5.56. The lowest BCUT2D eigenvalue weighted by Gasteiger charge is -2.51. The highest BCUT2D eigenvalue weighted by Crippen LogP contribution is 2.39. The third-order valence-corrected chi connectivity index (χ3v) is 7.13. The number of anilines is 2. The Kier molecular flexibility index (Phi) is 6.74. The van der Waals surface area contributed by atoms with E-state index in [1.165, 1.54) is 4.90 Å². The van der Waals surface area contributed by atoms with Crippen molar-refractivity contribution in [2.45, 2.75) is 72.2 Å². The zero-order chi connectivity index (χ0) is 32.2. The van der Waals surface area contributed by atoms with Gasteiger partial charge in [0.2, 0.25) is 12.0 Å². The van der Waals surface area contributed by atoms with E-state index in [9.17, 15) is 4.79 Å². The molecule has 2 aliphatic rings. The molecule has 1 amide bonds. The smallest absolute Gasteiger partial charge is 0.267 e. The first kappa shape index (κ1) is 24.8. The minimum atomic E-state index is -2.73. The average Bonchev–Trinajstić information content (AvgIpc) is 2.92. The number of amides is 1. The van der Waals surface area contributed by atoms with Crippen LogP contribution in [-0.4, -0.2) is 77.8 Å². The number of hydrogen-bond acceptors (Lipinski definition) is 9. The number of para-hydroxylation sites is 1. The molecule has 10 nitrogen and oxygen atoms in total. The molecule has 1 fully saturated rings. The van der Waals surface area contributed by atoms with E-state index in [2.05, 4.69) is 10.2 Å². The van der Waals surface area contributed by atoms with Crippen LogP contribution >= 0.6 is 0 Å². The van der Waals surface area contributed by atoms with Crippen LogP contribution < -0.4 is 29.2 Å². The molecule has 1 aromatic heterocycles. The number of rotatable bonds is 7. The van der Waals surface area contributed by atoms with E-state index in [1.807, 2.05) is 53.7 Å². The molecule has 3 aromatic rings. The standard InChI is InChI=1S/C31H41N5O5/c1-9-38-24-13-21-22(14-25(24)40-18(2)3)33-30(34-28(21)32-8)36-20(5)15-35(17-31(36,6)7)29(37)26-16-39-27-19(4)11-10-12-23(27)41-26/h10-14,18,20,26H,9,15-17H2,1-8H3,(H,32,33,34)/i16D2,26D. The fraction of sp³-hybridized carbons (Fsp3) is 0.516. The number of fused-ring (bicyclic) bond motifs is 2. The van der Waals surface area contributed by atoms with Crippen LogP contribution in [0.2, 0.25) is 0 Å². The second kappa shape index (κ2) is 11.1.